The third-order valence-corrected chi connectivity index (χ3v) is 2.99. The van der Waals surface area contributed by atoms with Gasteiger partial charge in [-0.05, 0) is 37.4 Å². The molecule has 0 aromatic heterocycles. The van der Waals surface area contributed by atoms with Crippen molar-refractivity contribution in [2.24, 2.45) is 0 Å². The maximum Gasteiger partial charge on any atom is 0.238 e. The van der Waals surface area contributed by atoms with Crippen LogP contribution in [0.15, 0.2) is 24.3 Å². The van der Waals surface area contributed by atoms with E-state index in [1.165, 1.54) is 12.1 Å². The fourth-order valence-electron chi connectivity index (χ4n) is 1.31. The van der Waals surface area contributed by atoms with Crippen LogP contribution in [0.1, 0.15) is 6.92 Å². The standard InChI is InChI=1S/C12H17FN2OS/c1-9(8-17-2)14-7-12(16)15-11-5-3-10(13)4-6-11/h3-6,9,14H,7-8H2,1-2H3,(H,15,16). The van der Waals surface area contributed by atoms with Crippen molar-refractivity contribution in [2.45, 2.75) is 13.0 Å². The van der Waals surface area contributed by atoms with Crippen LogP contribution < -0.4 is 10.6 Å². The normalized spacial score (nSPS) is 12.2. The fraction of sp³-hybridized carbons (Fsp3) is 0.417. The second-order valence-corrected chi connectivity index (χ2v) is 4.70. The molecule has 94 valence electrons. The van der Waals surface area contributed by atoms with Gasteiger partial charge in [0.2, 0.25) is 5.91 Å². The Kier molecular flexibility index (Phi) is 6.00. The summed E-state index contributed by atoms with van der Waals surface area (Å²) in [6.07, 6.45) is 2.02. The van der Waals surface area contributed by atoms with Gasteiger partial charge in [-0.25, -0.2) is 4.39 Å². The Morgan fingerprint density at radius 3 is 2.65 bits per heavy atom. The van der Waals surface area contributed by atoms with Crippen LogP contribution in [0.5, 0.6) is 0 Å². The molecule has 0 heterocycles. The molecule has 0 radical (unpaired) electrons. The van der Waals surface area contributed by atoms with Gasteiger partial charge in [-0.2, -0.15) is 11.8 Å². The molecule has 1 atom stereocenters. The van der Waals surface area contributed by atoms with Crippen LogP contribution in [0, 0.1) is 5.82 Å². The number of rotatable bonds is 6. The van der Waals surface area contributed by atoms with Crippen molar-refractivity contribution in [1.29, 1.82) is 0 Å². The van der Waals surface area contributed by atoms with Crippen LogP contribution in [0.2, 0.25) is 0 Å². The molecular formula is C12H17FN2OS. The monoisotopic (exact) mass is 256 g/mol. The smallest absolute Gasteiger partial charge is 0.238 e. The lowest BCUT2D eigenvalue weighted by molar-refractivity contribution is -0.115. The van der Waals surface area contributed by atoms with Gasteiger partial charge in [0, 0.05) is 17.5 Å². The van der Waals surface area contributed by atoms with Crippen LogP contribution in [0.25, 0.3) is 0 Å². The molecule has 1 rings (SSSR count). The quantitative estimate of drug-likeness (QED) is 0.819. The van der Waals surface area contributed by atoms with E-state index in [-0.39, 0.29) is 18.3 Å². The van der Waals surface area contributed by atoms with E-state index >= 15 is 0 Å². The lowest BCUT2D eigenvalue weighted by Gasteiger charge is -2.12. The maximum atomic E-state index is 12.6. The van der Waals surface area contributed by atoms with Crippen molar-refractivity contribution < 1.29 is 9.18 Å². The summed E-state index contributed by atoms with van der Waals surface area (Å²) in [5, 5.41) is 5.80. The average Bonchev–Trinajstić information content (AvgIpc) is 2.30. The first-order chi connectivity index (χ1) is 8.11. The molecule has 1 amide bonds. The summed E-state index contributed by atoms with van der Waals surface area (Å²) in [4.78, 5) is 11.5. The number of halogens is 1. The van der Waals surface area contributed by atoms with Gasteiger partial charge in [-0.15, -0.1) is 0 Å². The molecule has 1 aromatic carbocycles. The maximum absolute atomic E-state index is 12.6. The van der Waals surface area contributed by atoms with Crippen molar-refractivity contribution in [1.82, 2.24) is 5.32 Å². The summed E-state index contributed by atoms with van der Waals surface area (Å²) in [5.74, 6) is 0.531. The Balaban J connectivity index is 2.32. The summed E-state index contributed by atoms with van der Waals surface area (Å²) in [7, 11) is 0. The number of hydrogen-bond acceptors (Lipinski definition) is 3. The largest absolute Gasteiger partial charge is 0.325 e. The molecule has 5 heteroatoms. The highest BCUT2D eigenvalue weighted by molar-refractivity contribution is 7.98. The molecule has 17 heavy (non-hydrogen) atoms. The van der Waals surface area contributed by atoms with Crippen molar-refractivity contribution in [3.63, 3.8) is 0 Å². The number of amides is 1. The van der Waals surface area contributed by atoms with E-state index in [4.69, 9.17) is 0 Å². The molecule has 0 aliphatic carbocycles. The lowest BCUT2D eigenvalue weighted by Crippen LogP contribution is -2.35. The molecule has 0 fully saturated rings. The van der Waals surface area contributed by atoms with E-state index in [1.54, 1.807) is 23.9 Å². The fourth-order valence-corrected chi connectivity index (χ4v) is 1.93. The zero-order valence-corrected chi connectivity index (χ0v) is 10.8. The van der Waals surface area contributed by atoms with Crippen LogP contribution in [0.3, 0.4) is 0 Å². The van der Waals surface area contributed by atoms with Crippen LogP contribution in [-0.4, -0.2) is 30.5 Å². The summed E-state index contributed by atoms with van der Waals surface area (Å²) in [6.45, 7) is 2.29. The Morgan fingerprint density at radius 1 is 1.41 bits per heavy atom. The van der Waals surface area contributed by atoms with Gasteiger partial charge in [0.25, 0.3) is 0 Å². The molecule has 1 unspecified atom stereocenters. The van der Waals surface area contributed by atoms with E-state index in [2.05, 4.69) is 10.6 Å². The van der Waals surface area contributed by atoms with Crippen LogP contribution in [-0.2, 0) is 4.79 Å². The SMILES string of the molecule is CSCC(C)NCC(=O)Nc1ccc(F)cc1. The third kappa shape index (κ3) is 5.70. The van der Waals surface area contributed by atoms with Crippen molar-refractivity contribution >= 4 is 23.4 Å². The zero-order valence-electron chi connectivity index (χ0n) is 10.00. The highest BCUT2D eigenvalue weighted by atomic mass is 32.2. The number of anilines is 1. The number of benzene rings is 1. The first kappa shape index (κ1) is 14.0. The molecule has 3 nitrogen and oxygen atoms in total. The number of nitrogens with one attached hydrogen (secondary N) is 2. The van der Waals surface area contributed by atoms with Gasteiger partial charge in [-0.3, -0.25) is 4.79 Å². The van der Waals surface area contributed by atoms with Gasteiger partial charge in [0.05, 0.1) is 6.54 Å². The number of hydrogen-bond donors (Lipinski definition) is 2. The minimum absolute atomic E-state index is 0.121. The van der Waals surface area contributed by atoms with E-state index < -0.39 is 0 Å². The zero-order chi connectivity index (χ0) is 12.7. The number of carbonyl (C=O) groups is 1. The van der Waals surface area contributed by atoms with Gasteiger partial charge >= 0.3 is 0 Å². The molecule has 0 aliphatic rings. The topological polar surface area (TPSA) is 41.1 Å². The lowest BCUT2D eigenvalue weighted by atomic mass is 10.3. The Morgan fingerprint density at radius 2 is 2.06 bits per heavy atom. The summed E-state index contributed by atoms with van der Waals surface area (Å²) in [6, 6.07) is 6.01. The van der Waals surface area contributed by atoms with E-state index in [1.807, 2.05) is 13.2 Å². The Labute approximate surface area is 105 Å². The molecular weight excluding hydrogens is 239 g/mol. The predicted molar refractivity (Wildman–Crippen MR) is 70.9 cm³/mol. The molecule has 0 aliphatic heterocycles. The Bertz CT molecular complexity index is 356. The first-order valence-electron chi connectivity index (χ1n) is 5.39. The predicted octanol–water partition coefficient (Wildman–Crippen LogP) is 2.11. The van der Waals surface area contributed by atoms with Gasteiger partial charge in [0.15, 0.2) is 0 Å². The highest BCUT2D eigenvalue weighted by Gasteiger charge is 2.05. The minimum Gasteiger partial charge on any atom is -0.325 e. The third-order valence-electron chi connectivity index (χ3n) is 2.16. The number of thioether (sulfide) groups is 1. The van der Waals surface area contributed by atoms with Gasteiger partial charge in [-0.1, -0.05) is 0 Å². The minimum atomic E-state index is -0.310. The molecule has 0 spiro atoms. The molecule has 1 aromatic rings. The molecule has 0 bridgehead atoms. The Hall–Kier alpha value is -1.07. The van der Waals surface area contributed by atoms with E-state index in [0.29, 0.717) is 11.7 Å². The second kappa shape index (κ2) is 7.29. The highest BCUT2D eigenvalue weighted by Crippen LogP contribution is 2.07. The molecule has 0 saturated heterocycles. The first-order valence-corrected chi connectivity index (χ1v) is 6.79. The van der Waals surface area contributed by atoms with Gasteiger partial charge < -0.3 is 10.6 Å². The summed E-state index contributed by atoms with van der Waals surface area (Å²) in [5.41, 5.74) is 0.607. The summed E-state index contributed by atoms with van der Waals surface area (Å²) < 4.78 is 12.6. The summed E-state index contributed by atoms with van der Waals surface area (Å²) >= 11 is 1.73. The van der Waals surface area contributed by atoms with Crippen molar-refractivity contribution in [3.8, 4) is 0 Å². The van der Waals surface area contributed by atoms with E-state index in [0.717, 1.165) is 5.75 Å². The second-order valence-electron chi connectivity index (χ2n) is 3.79. The molecule has 0 saturated carbocycles. The van der Waals surface area contributed by atoms with Crippen molar-refractivity contribution in [2.75, 3.05) is 23.9 Å². The molecule has 2 N–H and O–H groups in total. The van der Waals surface area contributed by atoms with E-state index in [9.17, 15) is 9.18 Å². The average molecular weight is 256 g/mol. The van der Waals surface area contributed by atoms with Crippen molar-refractivity contribution in [3.05, 3.63) is 30.1 Å². The number of carbonyl (C=O) groups excluding carboxylic acids is 1. The van der Waals surface area contributed by atoms with Crippen LogP contribution in [0.4, 0.5) is 10.1 Å². The van der Waals surface area contributed by atoms with Crippen LogP contribution >= 0.6 is 11.8 Å². The van der Waals surface area contributed by atoms with Gasteiger partial charge in [0.1, 0.15) is 5.82 Å².